The summed E-state index contributed by atoms with van der Waals surface area (Å²) in [5.41, 5.74) is -0.882. The molecule has 4 rings (SSSR count). The molecular weight excluding hydrogens is 595 g/mol. The summed E-state index contributed by atoms with van der Waals surface area (Å²) in [6.45, 7) is 14.1. The number of ether oxygens (including phenoxy) is 2. The van der Waals surface area contributed by atoms with E-state index in [0.717, 1.165) is 18.9 Å². The van der Waals surface area contributed by atoms with E-state index < -0.39 is 17.3 Å². The van der Waals surface area contributed by atoms with Crippen molar-refractivity contribution in [2.75, 3.05) is 31.1 Å². The third kappa shape index (κ3) is 16.4. The first-order valence-corrected chi connectivity index (χ1v) is 13.3. The number of alkyl carbamates (subject to hydrolysis) is 2. The van der Waals surface area contributed by atoms with Crippen LogP contribution in [-0.2, 0) is 9.47 Å². The van der Waals surface area contributed by atoms with Crippen LogP contribution in [0, 0.1) is 0 Å². The molecule has 232 valence electrons. The van der Waals surface area contributed by atoms with Crippen LogP contribution in [0.15, 0.2) is 24.8 Å². The van der Waals surface area contributed by atoms with Gasteiger partial charge in [0, 0.05) is 26.2 Å². The van der Waals surface area contributed by atoms with Gasteiger partial charge in [-0.15, -0.1) is 0 Å². The maximum atomic E-state index is 11.6. The fraction of sp³-hybridized carbons (Fsp3) is 0.615. The van der Waals surface area contributed by atoms with Gasteiger partial charge in [-0.25, -0.2) is 19.6 Å². The van der Waals surface area contributed by atoms with Gasteiger partial charge < -0.3 is 30.3 Å². The molecule has 12 nitrogen and oxygen atoms in total. The van der Waals surface area contributed by atoms with Gasteiger partial charge in [-0.1, -0.05) is 49.7 Å². The van der Waals surface area contributed by atoms with E-state index in [2.05, 4.69) is 35.9 Å². The first-order chi connectivity index (χ1) is 18.1. The van der Waals surface area contributed by atoms with Gasteiger partial charge in [0.25, 0.3) is 0 Å². The summed E-state index contributed by atoms with van der Waals surface area (Å²) in [6.07, 6.45) is 5.26. The van der Waals surface area contributed by atoms with E-state index >= 15 is 0 Å². The maximum Gasteiger partial charge on any atom is 0.407 e. The number of nitrogens with one attached hydrogen (secondary N) is 3. The molecule has 2 aliphatic heterocycles. The number of aromatic nitrogens is 4. The molecule has 2 fully saturated rings. The summed E-state index contributed by atoms with van der Waals surface area (Å²) in [4.78, 5) is 40.1. The second kappa shape index (κ2) is 17.3. The zero-order valence-corrected chi connectivity index (χ0v) is 25.1. The summed E-state index contributed by atoms with van der Waals surface area (Å²) in [5.74, 6) is 0.717. The average Bonchev–Trinajstić information content (AvgIpc) is 2.71. The molecule has 2 saturated heterocycles. The topological polar surface area (TPSA) is 143 Å². The van der Waals surface area contributed by atoms with Crippen molar-refractivity contribution in [3.8, 4) is 0 Å². The third-order valence-electron chi connectivity index (χ3n) is 4.60. The molecule has 41 heavy (non-hydrogen) atoms. The van der Waals surface area contributed by atoms with Crippen LogP contribution in [0.5, 0.6) is 0 Å². The molecule has 2 aliphatic rings. The van der Waals surface area contributed by atoms with Gasteiger partial charge in [-0.3, -0.25) is 9.97 Å². The standard InChI is InChI=1S/C12H17ClN4O2.C8H16N2O2.C4H2Cl2N2.2CH4/c1-12(2,3)19-11(18)15-8-6-17(7-8)10-5-14-4-9(13)16-10;1-8(2,3)12-7(11)10-6-4-9-5-6;5-3-1-7-2-4(6)8-3;;/h4-5,8H,6-7H2,1-3H3,(H,15,18);6,9H,4-5H2,1-3H3,(H,10,11);1-2H;2*1H4. The highest BCUT2D eigenvalue weighted by molar-refractivity contribution is 6.32. The lowest BCUT2D eigenvalue weighted by Gasteiger charge is -2.40. The Balaban J connectivity index is 0.000000626. The molecule has 0 radical (unpaired) electrons. The summed E-state index contributed by atoms with van der Waals surface area (Å²) in [7, 11) is 0. The van der Waals surface area contributed by atoms with Crippen LogP contribution >= 0.6 is 34.8 Å². The van der Waals surface area contributed by atoms with E-state index in [4.69, 9.17) is 44.3 Å². The van der Waals surface area contributed by atoms with Crippen molar-refractivity contribution in [1.82, 2.24) is 35.9 Å². The van der Waals surface area contributed by atoms with Crippen molar-refractivity contribution in [2.24, 2.45) is 0 Å². The fourth-order valence-corrected chi connectivity index (χ4v) is 3.38. The lowest BCUT2D eigenvalue weighted by molar-refractivity contribution is 0.0479. The Bertz CT molecular complexity index is 1070. The average molecular weight is 638 g/mol. The van der Waals surface area contributed by atoms with Crippen LogP contribution in [0.25, 0.3) is 0 Å². The highest BCUT2D eigenvalue weighted by Crippen LogP contribution is 2.19. The third-order valence-corrected chi connectivity index (χ3v) is 5.14. The quantitative estimate of drug-likeness (QED) is 0.401. The Morgan fingerprint density at radius 1 is 0.780 bits per heavy atom. The summed E-state index contributed by atoms with van der Waals surface area (Å²) >= 11 is 16.5. The number of hydrogen-bond acceptors (Lipinski definition) is 10. The highest BCUT2D eigenvalue weighted by atomic mass is 35.5. The Morgan fingerprint density at radius 3 is 1.54 bits per heavy atom. The number of halogens is 3. The predicted octanol–water partition coefficient (Wildman–Crippen LogP) is 5.38. The Hall–Kier alpha value is -2.67. The number of hydrogen-bond donors (Lipinski definition) is 3. The van der Waals surface area contributed by atoms with E-state index in [-0.39, 0.29) is 33.0 Å². The van der Waals surface area contributed by atoms with Crippen molar-refractivity contribution in [3.63, 3.8) is 0 Å². The molecule has 0 aromatic carbocycles. The van der Waals surface area contributed by atoms with E-state index in [1.54, 1.807) is 6.20 Å². The predicted molar refractivity (Wildman–Crippen MR) is 164 cm³/mol. The number of amides is 2. The largest absolute Gasteiger partial charge is 0.444 e. The van der Waals surface area contributed by atoms with Gasteiger partial charge in [0.05, 0.1) is 36.9 Å². The number of carbonyl (C=O) groups excluding carboxylic acids is 2. The van der Waals surface area contributed by atoms with E-state index in [0.29, 0.717) is 28.5 Å². The number of nitrogens with zero attached hydrogens (tertiary/aromatic N) is 5. The first kappa shape index (κ1) is 38.3. The van der Waals surface area contributed by atoms with Gasteiger partial charge >= 0.3 is 12.2 Å². The SMILES string of the molecule is C.C.CC(C)(C)OC(=O)NC1CN(c2cncc(Cl)n2)C1.CC(C)(C)OC(=O)NC1CNC1.Clc1cncc(Cl)n1. The molecule has 2 aromatic heterocycles. The minimum Gasteiger partial charge on any atom is -0.444 e. The van der Waals surface area contributed by atoms with Crippen LogP contribution in [0.2, 0.25) is 15.5 Å². The summed E-state index contributed by atoms with van der Waals surface area (Å²) in [5, 5.41) is 9.61. The first-order valence-electron chi connectivity index (χ1n) is 12.1. The Kier molecular flexibility index (Phi) is 16.2. The van der Waals surface area contributed by atoms with Gasteiger partial charge in [-0.05, 0) is 41.5 Å². The molecule has 0 saturated carbocycles. The lowest BCUT2D eigenvalue weighted by atomic mass is 10.1. The second-order valence-corrected chi connectivity index (χ2v) is 11.8. The van der Waals surface area contributed by atoms with Gasteiger partial charge in [0.2, 0.25) is 0 Å². The van der Waals surface area contributed by atoms with Crippen LogP contribution in [0.4, 0.5) is 15.4 Å². The van der Waals surface area contributed by atoms with Gasteiger partial charge in [-0.2, -0.15) is 0 Å². The van der Waals surface area contributed by atoms with Crippen molar-refractivity contribution < 1.29 is 19.1 Å². The van der Waals surface area contributed by atoms with Gasteiger partial charge in [0.1, 0.15) is 32.5 Å². The van der Waals surface area contributed by atoms with Crippen LogP contribution in [0.3, 0.4) is 0 Å². The van der Waals surface area contributed by atoms with Crippen molar-refractivity contribution in [2.45, 2.75) is 79.7 Å². The van der Waals surface area contributed by atoms with Crippen LogP contribution in [0.1, 0.15) is 56.4 Å². The zero-order valence-electron chi connectivity index (χ0n) is 22.8. The van der Waals surface area contributed by atoms with Crippen LogP contribution in [-0.4, -0.2) is 81.6 Å². The number of carbonyl (C=O) groups is 2. The lowest BCUT2D eigenvalue weighted by Crippen LogP contribution is -2.60. The maximum absolute atomic E-state index is 11.6. The van der Waals surface area contributed by atoms with E-state index in [1.807, 2.05) is 46.4 Å². The Labute approximate surface area is 258 Å². The normalized spacial score (nSPS) is 14.5. The summed E-state index contributed by atoms with van der Waals surface area (Å²) < 4.78 is 10.3. The Morgan fingerprint density at radius 2 is 1.20 bits per heavy atom. The molecule has 0 bridgehead atoms. The van der Waals surface area contributed by atoms with Crippen molar-refractivity contribution >= 4 is 52.8 Å². The minimum atomic E-state index is -0.480. The van der Waals surface area contributed by atoms with Crippen molar-refractivity contribution in [1.29, 1.82) is 0 Å². The molecule has 4 heterocycles. The minimum absolute atomic E-state index is 0. The molecule has 2 aromatic rings. The van der Waals surface area contributed by atoms with Crippen LogP contribution < -0.4 is 20.9 Å². The molecule has 2 amide bonds. The molecule has 15 heteroatoms. The highest BCUT2D eigenvalue weighted by Gasteiger charge is 2.30. The van der Waals surface area contributed by atoms with E-state index in [1.165, 1.54) is 18.6 Å². The molecule has 0 unspecified atom stereocenters. The smallest absolute Gasteiger partial charge is 0.407 e. The monoisotopic (exact) mass is 636 g/mol. The fourth-order valence-electron chi connectivity index (χ4n) is 2.90. The molecule has 0 aliphatic carbocycles. The number of rotatable bonds is 3. The summed E-state index contributed by atoms with van der Waals surface area (Å²) in [6, 6.07) is 0.315. The van der Waals surface area contributed by atoms with Gasteiger partial charge in [0.15, 0.2) is 0 Å². The number of anilines is 1. The van der Waals surface area contributed by atoms with E-state index in [9.17, 15) is 9.59 Å². The molecule has 0 spiro atoms. The second-order valence-electron chi connectivity index (χ2n) is 10.6. The van der Waals surface area contributed by atoms with Crippen molar-refractivity contribution in [3.05, 3.63) is 40.2 Å². The molecule has 3 N–H and O–H groups in total. The molecule has 0 atom stereocenters. The zero-order chi connectivity index (χ0) is 29.2. The molecular formula is C26H43Cl3N8O4.